The molecule has 0 spiro atoms. The molecule has 3 aromatic rings. The third-order valence-corrected chi connectivity index (χ3v) is 4.46. The zero-order valence-corrected chi connectivity index (χ0v) is 18.1. The monoisotopic (exact) mass is 428 g/mol. The van der Waals surface area contributed by atoms with Crippen molar-refractivity contribution in [2.45, 2.75) is 26.7 Å². The molecule has 0 radical (unpaired) electrons. The molecule has 10 heteroatoms. The van der Waals surface area contributed by atoms with Gasteiger partial charge in [-0.2, -0.15) is 10.1 Å². The second-order valence-electron chi connectivity index (χ2n) is 6.90. The van der Waals surface area contributed by atoms with E-state index in [0.717, 1.165) is 5.69 Å². The Morgan fingerprint density at radius 2 is 2.06 bits per heavy atom. The van der Waals surface area contributed by atoms with E-state index >= 15 is 4.39 Å². The molecule has 1 aromatic carbocycles. The van der Waals surface area contributed by atoms with Crippen LogP contribution in [0.25, 0.3) is 5.69 Å². The van der Waals surface area contributed by atoms with Gasteiger partial charge in [0.05, 0.1) is 36.9 Å². The Morgan fingerprint density at radius 3 is 2.71 bits per heavy atom. The van der Waals surface area contributed by atoms with Gasteiger partial charge in [-0.25, -0.2) is 18.9 Å². The summed E-state index contributed by atoms with van der Waals surface area (Å²) < 4.78 is 27.0. The fraction of sp³-hybridized carbons (Fsp3) is 0.333. The van der Waals surface area contributed by atoms with E-state index in [1.807, 2.05) is 19.9 Å². The Kier molecular flexibility index (Phi) is 6.68. The van der Waals surface area contributed by atoms with Gasteiger partial charge in [0.25, 0.3) is 0 Å². The minimum Gasteiger partial charge on any atom is -0.494 e. The van der Waals surface area contributed by atoms with E-state index in [4.69, 9.17) is 9.47 Å². The molecule has 0 atom stereocenters. The molecular weight excluding hydrogens is 403 g/mol. The Bertz CT molecular complexity index is 1080. The standard InChI is InChI=1S/C21H25FN6O3/c1-6-31-20(29)13-10-24-28(11-13)19-16(30-5)8-7-14(18(19)22)25-21-26-15(12(2)3)9-17(23-4)27-21/h7-12H,6H2,1-5H3,(H2,23,25,26,27). The summed E-state index contributed by atoms with van der Waals surface area (Å²) in [7, 11) is 3.18. The van der Waals surface area contributed by atoms with Crippen molar-refractivity contribution in [2.24, 2.45) is 0 Å². The Morgan fingerprint density at radius 1 is 1.29 bits per heavy atom. The summed E-state index contributed by atoms with van der Waals surface area (Å²) >= 11 is 0. The van der Waals surface area contributed by atoms with Gasteiger partial charge >= 0.3 is 5.97 Å². The van der Waals surface area contributed by atoms with Crippen LogP contribution in [0.1, 0.15) is 42.7 Å². The second-order valence-corrected chi connectivity index (χ2v) is 6.90. The first-order valence-corrected chi connectivity index (χ1v) is 9.80. The molecule has 0 saturated heterocycles. The zero-order valence-electron chi connectivity index (χ0n) is 18.1. The number of nitrogens with zero attached hydrogens (tertiary/aromatic N) is 4. The number of hydrogen-bond acceptors (Lipinski definition) is 8. The Hall–Kier alpha value is -3.69. The minimum atomic E-state index is -0.637. The van der Waals surface area contributed by atoms with Crippen molar-refractivity contribution in [3.05, 3.63) is 47.7 Å². The fourth-order valence-electron chi connectivity index (χ4n) is 2.85. The summed E-state index contributed by atoms with van der Waals surface area (Å²) in [6.45, 7) is 5.95. The largest absolute Gasteiger partial charge is 0.494 e. The zero-order chi connectivity index (χ0) is 22.5. The fourth-order valence-corrected chi connectivity index (χ4v) is 2.85. The molecular formula is C21H25FN6O3. The predicted molar refractivity (Wildman–Crippen MR) is 115 cm³/mol. The molecule has 0 unspecified atom stereocenters. The lowest BCUT2D eigenvalue weighted by molar-refractivity contribution is 0.0526. The lowest BCUT2D eigenvalue weighted by Gasteiger charge is -2.15. The molecule has 2 aromatic heterocycles. The lowest BCUT2D eigenvalue weighted by atomic mass is 10.1. The van der Waals surface area contributed by atoms with Crippen LogP contribution in [0.3, 0.4) is 0 Å². The molecule has 31 heavy (non-hydrogen) atoms. The molecule has 3 rings (SSSR count). The van der Waals surface area contributed by atoms with Crippen molar-refractivity contribution in [1.82, 2.24) is 19.7 Å². The van der Waals surface area contributed by atoms with Gasteiger partial charge < -0.3 is 20.1 Å². The number of aromatic nitrogens is 4. The highest BCUT2D eigenvalue weighted by Crippen LogP contribution is 2.32. The van der Waals surface area contributed by atoms with Crippen molar-refractivity contribution in [3.8, 4) is 11.4 Å². The Labute approximate surface area is 179 Å². The molecule has 0 aliphatic rings. The van der Waals surface area contributed by atoms with Crippen LogP contribution < -0.4 is 15.4 Å². The lowest BCUT2D eigenvalue weighted by Crippen LogP contribution is -2.08. The third kappa shape index (κ3) is 4.73. The number of anilines is 3. The second kappa shape index (κ2) is 9.41. The average Bonchev–Trinajstić information content (AvgIpc) is 3.24. The van der Waals surface area contributed by atoms with E-state index in [1.165, 1.54) is 30.3 Å². The summed E-state index contributed by atoms with van der Waals surface area (Å²) in [5, 5.41) is 10.0. The molecule has 0 aliphatic carbocycles. The van der Waals surface area contributed by atoms with Crippen molar-refractivity contribution < 1.29 is 18.7 Å². The van der Waals surface area contributed by atoms with Crippen LogP contribution >= 0.6 is 0 Å². The number of ether oxygens (including phenoxy) is 2. The van der Waals surface area contributed by atoms with Crippen LogP contribution in [0.5, 0.6) is 5.75 Å². The topological polar surface area (TPSA) is 103 Å². The van der Waals surface area contributed by atoms with Gasteiger partial charge in [0.2, 0.25) is 5.95 Å². The highest BCUT2D eigenvalue weighted by atomic mass is 19.1. The maximum atomic E-state index is 15.5. The van der Waals surface area contributed by atoms with Crippen LogP contribution in [-0.4, -0.2) is 46.5 Å². The molecule has 0 bridgehead atoms. The SMILES string of the molecule is CCOC(=O)c1cnn(-c2c(OC)ccc(Nc3nc(NC)cc(C(C)C)n3)c2F)c1. The number of esters is 1. The first-order valence-electron chi connectivity index (χ1n) is 9.80. The molecule has 2 N–H and O–H groups in total. The summed E-state index contributed by atoms with van der Waals surface area (Å²) in [4.78, 5) is 20.8. The number of methoxy groups -OCH3 is 1. The van der Waals surface area contributed by atoms with E-state index in [-0.39, 0.29) is 41.2 Å². The van der Waals surface area contributed by atoms with E-state index in [2.05, 4.69) is 25.7 Å². The molecule has 164 valence electrons. The number of nitrogens with one attached hydrogen (secondary N) is 2. The molecule has 0 fully saturated rings. The van der Waals surface area contributed by atoms with Gasteiger partial charge in [-0.05, 0) is 25.0 Å². The number of hydrogen-bond donors (Lipinski definition) is 2. The average molecular weight is 428 g/mol. The van der Waals surface area contributed by atoms with Gasteiger partial charge in [0.15, 0.2) is 5.82 Å². The third-order valence-electron chi connectivity index (χ3n) is 4.46. The van der Waals surface area contributed by atoms with Crippen molar-refractivity contribution in [3.63, 3.8) is 0 Å². The molecule has 2 heterocycles. The highest BCUT2D eigenvalue weighted by molar-refractivity contribution is 5.89. The number of rotatable bonds is 8. The smallest absolute Gasteiger partial charge is 0.341 e. The van der Waals surface area contributed by atoms with Crippen molar-refractivity contribution in [1.29, 1.82) is 0 Å². The Balaban J connectivity index is 2.02. The van der Waals surface area contributed by atoms with E-state index < -0.39 is 11.8 Å². The van der Waals surface area contributed by atoms with Gasteiger partial charge in [-0.3, -0.25) is 0 Å². The van der Waals surface area contributed by atoms with Crippen molar-refractivity contribution >= 4 is 23.4 Å². The minimum absolute atomic E-state index is 0.0388. The normalized spacial score (nSPS) is 10.8. The summed E-state index contributed by atoms with van der Waals surface area (Å²) in [5.74, 6) is 0.0923. The van der Waals surface area contributed by atoms with E-state index in [9.17, 15) is 4.79 Å². The first kappa shape index (κ1) is 22.0. The van der Waals surface area contributed by atoms with Crippen LogP contribution in [0.15, 0.2) is 30.6 Å². The number of halogens is 1. The van der Waals surface area contributed by atoms with Gasteiger partial charge in [-0.1, -0.05) is 13.8 Å². The maximum Gasteiger partial charge on any atom is 0.341 e. The van der Waals surface area contributed by atoms with Gasteiger partial charge in [-0.15, -0.1) is 0 Å². The summed E-state index contributed by atoms with van der Waals surface area (Å²) in [6.07, 6.45) is 2.70. The van der Waals surface area contributed by atoms with Crippen LogP contribution in [0, 0.1) is 5.82 Å². The highest BCUT2D eigenvalue weighted by Gasteiger charge is 2.20. The van der Waals surface area contributed by atoms with Crippen LogP contribution in [-0.2, 0) is 4.74 Å². The summed E-state index contributed by atoms with van der Waals surface area (Å²) in [6, 6.07) is 4.96. The quantitative estimate of drug-likeness (QED) is 0.521. The molecule has 0 aliphatic heterocycles. The van der Waals surface area contributed by atoms with Crippen LogP contribution in [0.2, 0.25) is 0 Å². The predicted octanol–water partition coefficient (Wildman–Crippen LogP) is 3.90. The number of carbonyl (C=O) groups is 1. The molecule has 9 nitrogen and oxygen atoms in total. The van der Waals surface area contributed by atoms with E-state index in [1.54, 1.807) is 20.0 Å². The van der Waals surface area contributed by atoms with Crippen LogP contribution in [0.4, 0.5) is 21.8 Å². The number of benzene rings is 1. The first-order chi connectivity index (χ1) is 14.9. The molecule has 0 saturated carbocycles. The van der Waals surface area contributed by atoms with E-state index in [0.29, 0.717) is 5.82 Å². The van der Waals surface area contributed by atoms with Gasteiger partial charge in [0.1, 0.15) is 17.3 Å². The number of carbonyl (C=O) groups excluding carboxylic acids is 1. The maximum absolute atomic E-state index is 15.5. The van der Waals surface area contributed by atoms with Gasteiger partial charge in [0, 0.05) is 19.3 Å². The molecule has 0 amide bonds. The van der Waals surface area contributed by atoms with Crippen molar-refractivity contribution in [2.75, 3.05) is 31.4 Å². The summed E-state index contributed by atoms with van der Waals surface area (Å²) in [5.41, 5.74) is 1.18.